The molecule has 0 saturated carbocycles. The summed E-state index contributed by atoms with van der Waals surface area (Å²) in [5, 5.41) is 3.09. The zero-order chi connectivity index (χ0) is 14.6. The maximum Gasteiger partial charge on any atom is 0.243 e. The lowest BCUT2D eigenvalue weighted by Gasteiger charge is -2.31. The molecule has 0 radical (unpaired) electrons. The molecule has 1 heterocycles. The molecule has 0 aliphatic carbocycles. The van der Waals surface area contributed by atoms with Gasteiger partial charge in [-0.05, 0) is 44.8 Å². The summed E-state index contributed by atoms with van der Waals surface area (Å²) in [6.45, 7) is 3.62. The van der Waals surface area contributed by atoms with Crippen LogP contribution in [0.15, 0.2) is 29.2 Å². The fourth-order valence-electron chi connectivity index (χ4n) is 2.27. The van der Waals surface area contributed by atoms with Gasteiger partial charge in [-0.25, -0.2) is 8.42 Å². The largest absolute Gasteiger partial charge is 0.319 e. The number of piperazine rings is 1. The van der Waals surface area contributed by atoms with Crippen LogP contribution in [0.4, 0.5) is 0 Å². The lowest BCUT2D eigenvalue weighted by Crippen LogP contribution is -2.46. The van der Waals surface area contributed by atoms with Gasteiger partial charge in [0.05, 0.1) is 4.90 Å². The molecular weight excluding hydrogens is 274 g/mol. The Morgan fingerprint density at radius 2 is 1.70 bits per heavy atom. The predicted molar refractivity (Wildman–Crippen MR) is 80.3 cm³/mol. The predicted octanol–water partition coefficient (Wildman–Crippen LogP) is 0.385. The summed E-state index contributed by atoms with van der Waals surface area (Å²) >= 11 is 0. The van der Waals surface area contributed by atoms with Crippen LogP contribution >= 0.6 is 0 Å². The van der Waals surface area contributed by atoms with Gasteiger partial charge in [0.2, 0.25) is 10.0 Å². The standard InChI is InChI=1S/C14H23N3O2S/c1-15-8-7-13-3-5-14(6-4-13)20(18,19)17-11-9-16(2)10-12-17/h3-6,15H,7-12H2,1-2H3. The fourth-order valence-corrected chi connectivity index (χ4v) is 3.70. The van der Waals surface area contributed by atoms with Gasteiger partial charge in [0.15, 0.2) is 0 Å². The number of rotatable bonds is 5. The minimum Gasteiger partial charge on any atom is -0.319 e. The highest BCUT2D eigenvalue weighted by atomic mass is 32.2. The Bertz CT molecular complexity index is 520. The zero-order valence-electron chi connectivity index (χ0n) is 12.2. The van der Waals surface area contributed by atoms with Crippen molar-refractivity contribution in [1.29, 1.82) is 0 Å². The van der Waals surface area contributed by atoms with E-state index in [1.54, 1.807) is 16.4 Å². The van der Waals surface area contributed by atoms with Crippen molar-refractivity contribution in [3.05, 3.63) is 29.8 Å². The quantitative estimate of drug-likeness (QED) is 0.854. The zero-order valence-corrected chi connectivity index (χ0v) is 13.0. The first kappa shape index (κ1) is 15.4. The van der Waals surface area contributed by atoms with E-state index in [2.05, 4.69) is 10.2 Å². The van der Waals surface area contributed by atoms with Gasteiger partial charge in [0.25, 0.3) is 0 Å². The molecule has 0 atom stereocenters. The molecule has 0 bridgehead atoms. The van der Waals surface area contributed by atoms with E-state index in [-0.39, 0.29) is 0 Å². The summed E-state index contributed by atoms with van der Waals surface area (Å²) in [4.78, 5) is 2.54. The number of hydrogen-bond donors (Lipinski definition) is 1. The molecule has 112 valence electrons. The van der Waals surface area contributed by atoms with Crippen LogP contribution in [0.5, 0.6) is 0 Å². The summed E-state index contributed by atoms with van der Waals surface area (Å²) in [5.74, 6) is 0. The van der Waals surface area contributed by atoms with Crippen LogP contribution < -0.4 is 5.32 Å². The molecule has 1 aromatic carbocycles. The van der Waals surface area contributed by atoms with Crippen molar-refractivity contribution in [3.8, 4) is 0 Å². The third-order valence-corrected chi connectivity index (χ3v) is 5.60. The molecule has 0 aromatic heterocycles. The summed E-state index contributed by atoms with van der Waals surface area (Å²) in [5.41, 5.74) is 1.15. The molecule has 1 aliphatic heterocycles. The Hall–Kier alpha value is -0.950. The molecule has 1 aliphatic rings. The maximum absolute atomic E-state index is 12.5. The Morgan fingerprint density at radius 3 is 2.25 bits per heavy atom. The second kappa shape index (κ2) is 6.67. The first-order valence-corrected chi connectivity index (χ1v) is 8.40. The number of likely N-dealkylation sites (N-methyl/N-ethyl adjacent to an activating group) is 2. The van der Waals surface area contributed by atoms with Gasteiger partial charge in [-0.1, -0.05) is 12.1 Å². The van der Waals surface area contributed by atoms with Gasteiger partial charge in [-0.2, -0.15) is 4.31 Å². The van der Waals surface area contributed by atoms with E-state index >= 15 is 0 Å². The Morgan fingerprint density at radius 1 is 1.10 bits per heavy atom. The van der Waals surface area contributed by atoms with Crippen molar-refractivity contribution in [2.45, 2.75) is 11.3 Å². The van der Waals surface area contributed by atoms with Crippen LogP contribution in [0.3, 0.4) is 0 Å². The van der Waals surface area contributed by atoms with Crippen molar-refractivity contribution in [1.82, 2.24) is 14.5 Å². The lowest BCUT2D eigenvalue weighted by molar-refractivity contribution is 0.222. The van der Waals surface area contributed by atoms with Crippen molar-refractivity contribution in [3.63, 3.8) is 0 Å². The normalized spacial score (nSPS) is 18.3. The Balaban J connectivity index is 2.09. The van der Waals surface area contributed by atoms with Gasteiger partial charge >= 0.3 is 0 Å². The van der Waals surface area contributed by atoms with Gasteiger partial charge in [-0.3, -0.25) is 0 Å². The second-order valence-electron chi connectivity index (χ2n) is 5.20. The SMILES string of the molecule is CNCCc1ccc(S(=O)(=O)N2CCN(C)CC2)cc1. The minimum absolute atomic E-state index is 0.398. The third kappa shape index (κ3) is 3.58. The van der Waals surface area contributed by atoms with Crippen molar-refractivity contribution >= 4 is 10.0 Å². The van der Waals surface area contributed by atoms with E-state index in [1.165, 1.54) is 0 Å². The van der Waals surface area contributed by atoms with E-state index in [0.717, 1.165) is 31.6 Å². The number of sulfonamides is 1. The number of nitrogens with one attached hydrogen (secondary N) is 1. The smallest absolute Gasteiger partial charge is 0.243 e. The molecule has 20 heavy (non-hydrogen) atoms. The first-order chi connectivity index (χ1) is 9.54. The molecule has 0 amide bonds. The molecule has 0 spiro atoms. The fraction of sp³-hybridized carbons (Fsp3) is 0.571. The van der Waals surface area contributed by atoms with Crippen molar-refractivity contribution in [2.75, 3.05) is 46.8 Å². The van der Waals surface area contributed by atoms with E-state index < -0.39 is 10.0 Å². The first-order valence-electron chi connectivity index (χ1n) is 6.96. The van der Waals surface area contributed by atoms with Crippen molar-refractivity contribution < 1.29 is 8.42 Å². The third-order valence-electron chi connectivity index (χ3n) is 3.69. The van der Waals surface area contributed by atoms with Crippen LogP contribution in [0.25, 0.3) is 0 Å². The second-order valence-corrected chi connectivity index (χ2v) is 7.14. The maximum atomic E-state index is 12.5. The van der Waals surface area contributed by atoms with Gasteiger partial charge in [0, 0.05) is 26.2 Å². The summed E-state index contributed by atoms with van der Waals surface area (Å²) < 4.78 is 26.6. The van der Waals surface area contributed by atoms with Gasteiger partial charge in [-0.15, -0.1) is 0 Å². The van der Waals surface area contributed by atoms with Crippen molar-refractivity contribution in [2.24, 2.45) is 0 Å². The average molecular weight is 297 g/mol. The van der Waals surface area contributed by atoms with E-state index in [9.17, 15) is 8.42 Å². The average Bonchev–Trinajstić information content (AvgIpc) is 2.46. The Kier molecular flexibility index (Phi) is 5.15. The van der Waals surface area contributed by atoms with Crippen LogP contribution in [-0.4, -0.2) is 64.4 Å². The molecular formula is C14H23N3O2S. The van der Waals surface area contributed by atoms with Crippen LogP contribution in [0.2, 0.25) is 0 Å². The van der Waals surface area contributed by atoms with Crippen LogP contribution in [-0.2, 0) is 16.4 Å². The number of nitrogens with zero attached hydrogens (tertiary/aromatic N) is 2. The molecule has 0 unspecified atom stereocenters. The highest BCUT2D eigenvalue weighted by Crippen LogP contribution is 2.18. The van der Waals surface area contributed by atoms with E-state index in [1.807, 2.05) is 26.2 Å². The minimum atomic E-state index is -3.33. The summed E-state index contributed by atoms with van der Waals surface area (Å²) in [7, 11) is 0.592. The lowest BCUT2D eigenvalue weighted by atomic mass is 10.1. The van der Waals surface area contributed by atoms with Gasteiger partial charge < -0.3 is 10.2 Å². The van der Waals surface area contributed by atoms with Crippen LogP contribution in [0, 0.1) is 0 Å². The van der Waals surface area contributed by atoms with E-state index in [0.29, 0.717) is 18.0 Å². The number of benzene rings is 1. The summed E-state index contributed by atoms with van der Waals surface area (Å²) in [6, 6.07) is 7.25. The molecule has 6 heteroatoms. The Labute approximate surface area is 121 Å². The molecule has 1 fully saturated rings. The highest BCUT2D eigenvalue weighted by molar-refractivity contribution is 7.89. The monoisotopic (exact) mass is 297 g/mol. The molecule has 1 aromatic rings. The topological polar surface area (TPSA) is 52.7 Å². The van der Waals surface area contributed by atoms with E-state index in [4.69, 9.17) is 0 Å². The summed E-state index contributed by atoms with van der Waals surface area (Å²) in [6.07, 6.45) is 0.908. The van der Waals surface area contributed by atoms with Gasteiger partial charge in [0.1, 0.15) is 0 Å². The highest BCUT2D eigenvalue weighted by Gasteiger charge is 2.27. The molecule has 2 rings (SSSR count). The number of hydrogen-bond acceptors (Lipinski definition) is 4. The molecule has 1 N–H and O–H groups in total. The molecule has 5 nitrogen and oxygen atoms in total. The molecule has 1 saturated heterocycles. The van der Waals surface area contributed by atoms with Crippen LogP contribution in [0.1, 0.15) is 5.56 Å².